The van der Waals surface area contributed by atoms with Crippen LogP contribution in [0.15, 0.2) is 12.2 Å². The highest BCUT2D eigenvalue weighted by atomic mass is 16.5. The van der Waals surface area contributed by atoms with Crippen LogP contribution in [0.1, 0.15) is 32.6 Å². The smallest absolute Gasteiger partial charge is 0.0591 e. The maximum absolute atomic E-state index is 5.81. The maximum atomic E-state index is 5.81. The minimum atomic E-state index is 0.638. The Labute approximate surface area is 111 Å². The van der Waals surface area contributed by atoms with Gasteiger partial charge in [-0.3, -0.25) is 0 Å². The van der Waals surface area contributed by atoms with Crippen LogP contribution >= 0.6 is 0 Å². The van der Waals surface area contributed by atoms with E-state index in [-0.39, 0.29) is 0 Å². The predicted octanol–water partition coefficient (Wildman–Crippen LogP) is 2.37. The lowest BCUT2D eigenvalue weighted by Gasteiger charge is -2.26. The molecule has 2 atom stereocenters. The Bertz CT molecular complexity index is 249. The van der Waals surface area contributed by atoms with Crippen LogP contribution in [0.3, 0.4) is 0 Å². The van der Waals surface area contributed by atoms with Gasteiger partial charge in [0.1, 0.15) is 0 Å². The molecule has 104 valence electrons. The molecule has 3 heteroatoms. The molecule has 2 unspecified atom stereocenters. The van der Waals surface area contributed by atoms with Crippen molar-refractivity contribution in [2.24, 2.45) is 11.8 Å². The van der Waals surface area contributed by atoms with E-state index >= 15 is 0 Å². The third-order valence-corrected chi connectivity index (χ3v) is 4.15. The fourth-order valence-electron chi connectivity index (χ4n) is 2.71. The van der Waals surface area contributed by atoms with Crippen LogP contribution in [0.5, 0.6) is 0 Å². The quantitative estimate of drug-likeness (QED) is 0.582. The molecule has 0 aromatic rings. The Balaban J connectivity index is 1.49. The molecule has 2 aliphatic rings. The van der Waals surface area contributed by atoms with Crippen molar-refractivity contribution < 1.29 is 9.47 Å². The number of allylic oxidation sites excluding steroid dienone is 2. The summed E-state index contributed by atoms with van der Waals surface area (Å²) in [5.74, 6) is 1.50. The zero-order valence-electron chi connectivity index (χ0n) is 11.6. The lowest BCUT2D eigenvalue weighted by Crippen LogP contribution is -2.37. The van der Waals surface area contributed by atoms with E-state index in [2.05, 4.69) is 24.4 Å². The van der Waals surface area contributed by atoms with Crippen molar-refractivity contribution in [3.05, 3.63) is 12.2 Å². The molecular weight excluding hydrogens is 226 g/mol. The van der Waals surface area contributed by atoms with Crippen molar-refractivity contribution in [1.82, 2.24) is 5.32 Å². The first kappa shape index (κ1) is 14.0. The second-order valence-electron chi connectivity index (χ2n) is 5.60. The van der Waals surface area contributed by atoms with Gasteiger partial charge in [-0.05, 0) is 37.5 Å². The number of nitrogens with one attached hydrogen (secondary N) is 1. The third kappa shape index (κ3) is 4.71. The lowest BCUT2D eigenvalue weighted by molar-refractivity contribution is 0.0630. The van der Waals surface area contributed by atoms with Gasteiger partial charge in [0.2, 0.25) is 0 Å². The number of ether oxygens (including phenoxy) is 2. The first-order valence-electron chi connectivity index (χ1n) is 7.40. The summed E-state index contributed by atoms with van der Waals surface area (Å²) in [5.41, 5.74) is 0. The van der Waals surface area contributed by atoms with Gasteiger partial charge >= 0.3 is 0 Å². The number of rotatable bonds is 6. The van der Waals surface area contributed by atoms with Gasteiger partial charge in [0, 0.05) is 25.8 Å². The third-order valence-electron chi connectivity index (χ3n) is 4.15. The molecule has 0 amide bonds. The first-order chi connectivity index (χ1) is 8.86. The fourth-order valence-corrected chi connectivity index (χ4v) is 2.71. The highest BCUT2D eigenvalue weighted by Crippen LogP contribution is 2.24. The summed E-state index contributed by atoms with van der Waals surface area (Å²) in [7, 11) is 0. The van der Waals surface area contributed by atoms with Gasteiger partial charge in [0.05, 0.1) is 13.2 Å². The Morgan fingerprint density at radius 3 is 2.78 bits per heavy atom. The van der Waals surface area contributed by atoms with Crippen LogP contribution in [-0.2, 0) is 9.47 Å². The Morgan fingerprint density at radius 1 is 1.22 bits per heavy atom. The fraction of sp³-hybridized carbons (Fsp3) is 0.867. The van der Waals surface area contributed by atoms with E-state index in [1.165, 1.54) is 12.8 Å². The summed E-state index contributed by atoms with van der Waals surface area (Å²) >= 11 is 0. The Hall–Kier alpha value is -0.380. The van der Waals surface area contributed by atoms with E-state index in [1.54, 1.807) is 0 Å². The van der Waals surface area contributed by atoms with Crippen LogP contribution in [-0.4, -0.2) is 39.0 Å². The number of hydrogen-bond donors (Lipinski definition) is 1. The van der Waals surface area contributed by atoms with Gasteiger partial charge in [-0.15, -0.1) is 0 Å². The van der Waals surface area contributed by atoms with Gasteiger partial charge in [-0.1, -0.05) is 19.1 Å². The van der Waals surface area contributed by atoms with Crippen molar-refractivity contribution in [1.29, 1.82) is 0 Å². The summed E-state index contributed by atoms with van der Waals surface area (Å²) in [6.07, 6.45) is 9.29. The molecule has 1 heterocycles. The van der Waals surface area contributed by atoms with Crippen LogP contribution in [0.25, 0.3) is 0 Å². The van der Waals surface area contributed by atoms with E-state index in [4.69, 9.17) is 9.47 Å². The van der Waals surface area contributed by atoms with Crippen molar-refractivity contribution in [2.75, 3.05) is 33.0 Å². The Morgan fingerprint density at radius 2 is 2.00 bits per heavy atom. The molecule has 0 spiro atoms. The largest absolute Gasteiger partial charge is 0.381 e. The minimum Gasteiger partial charge on any atom is -0.381 e. The van der Waals surface area contributed by atoms with Crippen molar-refractivity contribution in [2.45, 2.75) is 38.6 Å². The van der Waals surface area contributed by atoms with Crippen LogP contribution in [0.4, 0.5) is 0 Å². The van der Waals surface area contributed by atoms with Crippen LogP contribution in [0, 0.1) is 11.8 Å². The molecule has 0 aromatic carbocycles. The normalized spacial score (nSPS) is 29.6. The second kappa shape index (κ2) is 7.93. The van der Waals surface area contributed by atoms with E-state index < -0.39 is 0 Å². The van der Waals surface area contributed by atoms with Crippen molar-refractivity contribution in [3.8, 4) is 0 Å². The molecule has 0 saturated carbocycles. The minimum absolute atomic E-state index is 0.638. The summed E-state index contributed by atoms with van der Waals surface area (Å²) in [6.45, 7) is 6.87. The highest BCUT2D eigenvalue weighted by Gasteiger charge is 2.18. The molecule has 2 rings (SSSR count). The Kier molecular flexibility index (Phi) is 6.18. The van der Waals surface area contributed by atoms with E-state index in [0.29, 0.717) is 6.04 Å². The monoisotopic (exact) mass is 253 g/mol. The molecule has 1 aliphatic heterocycles. The molecule has 1 aliphatic carbocycles. The van der Waals surface area contributed by atoms with Gasteiger partial charge in [0.25, 0.3) is 0 Å². The molecule has 1 N–H and O–H groups in total. The van der Waals surface area contributed by atoms with Gasteiger partial charge in [-0.2, -0.15) is 0 Å². The molecule has 0 bridgehead atoms. The standard InChI is InChI=1S/C15H27NO2/c1-13-4-2-3-5-14(13)12-18-11-8-16-15-6-9-17-10-7-15/h2-3,13-16H,4-12H2,1H3. The SMILES string of the molecule is CC1CC=CCC1COCCNC1CCOCC1. The molecule has 18 heavy (non-hydrogen) atoms. The average Bonchev–Trinajstić information content (AvgIpc) is 2.42. The first-order valence-corrected chi connectivity index (χ1v) is 7.40. The van der Waals surface area contributed by atoms with E-state index in [0.717, 1.165) is 57.6 Å². The summed E-state index contributed by atoms with van der Waals surface area (Å²) in [5, 5.41) is 3.55. The van der Waals surface area contributed by atoms with E-state index in [1.807, 2.05) is 0 Å². The molecule has 3 nitrogen and oxygen atoms in total. The van der Waals surface area contributed by atoms with Gasteiger partial charge in [0.15, 0.2) is 0 Å². The molecule has 0 radical (unpaired) electrons. The van der Waals surface area contributed by atoms with Crippen molar-refractivity contribution >= 4 is 0 Å². The zero-order chi connectivity index (χ0) is 12.6. The average molecular weight is 253 g/mol. The summed E-state index contributed by atoms with van der Waals surface area (Å²) < 4.78 is 11.1. The summed E-state index contributed by atoms with van der Waals surface area (Å²) in [4.78, 5) is 0. The maximum Gasteiger partial charge on any atom is 0.0591 e. The molecule has 0 aromatic heterocycles. The molecular formula is C15H27NO2. The molecule has 1 saturated heterocycles. The molecule has 1 fully saturated rings. The second-order valence-corrected chi connectivity index (χ2v) is 5.60. The number of hydrogen-bond acceptors (Lipinski definition) is 3. The topological polar surface area (TPSA) is 30.5 Å². The van der Waals surface area contributed by atoms with Gasteiger partial charge < -0.3 is 14.8 Å². The predicted molar refractivity (Wildman–Crippen MR) is 73.7 cm³/mol. The van der Waals surface area contributed by atoms with Crippen LogP contribution < -0.4 is 5.32 Å². The lowest BCUT2D eigenvalue weighted by atomic mass is 9.85. The zero-order valence-corrected chi connectivity index (χ0v) is 11.6. The highest BCUT2D eigenvalue weighted by molar-refractivity contribution is 4.93. The van der Waals surface area contributed by atoms with Gasteiger partial charge in [-0.25, -0.2) is 0 Å². The van der Waals surface area contributed by atoms with Crippen molar-refractivity contribution in [3.63, 3.8) is 0 Å². The van der Waals surface area contributed by atoms with E-state index in [9.17, 15) is 0 Å². The van der Waals surface area contributed by atoms with Crippen LogP contribution in [0.2, 0.25) is 0 Å². The summed E-state index contributed by atoms with van der Waals surface area (Å²) in [6, 6.07) is 0.638.